The van der Waals surface area contributed by atoms with Gasteiger partial charge in [0.05, 0.1) is 16.3 Å². The molecule has 0 bridgehead atoms. The molecule has 0 atom stereocenters. The number of halogens is 1. The average Bonchev–Trinajstić information content (AvgIpc) is 2.62. The molecule has 0 aliphatic carbocycles. The molecule has 26 heavy (non-hydrogen) atoms. The van der Waals surface area contributed by atoms with Gasteiger partial charge < -0.3 is 15.4 Å². The minimum absolute atomic E-state index is 0.0162. The quantitative estimate of drug-likeness (QED) is 0.439. The summed E-state index contributed by atoms with van der Waals surface area (Å²) >= 11 is 4.21. The van der Waals surface area contributed by atoms with E-state index in [1.54, 1.807) is 24.3 Å². The van der Waals surface area contributed by atoms with Crippen LogP contribution in [0.5, 0.6) is 5.75 Å². The molecule has 2 amide bonds. The summed E-state index contributed by atoms with van der Waals surface area (Å²) in [6.45, 7) is 3.33. The minimum atomic E-state index is -0.542. The van der Waals surface area contributed by atoms with Gasteiger partial charge in [-0.25, -0.2) is 4.39 Å². The number of aliphatic imine (C=N–C) groups is 1. The number of carbonyl (C=O) groups is 2. The van der Waals surface area contributed by atoms with Crippen LogP contribution in [0.25, 0.3) is 5.70 Å². The zero-order chi connectivity index (χ0) is 18.7. The summed E-state index contributed by atoms with van der Waals surface area (Å²) in [5, 5.41) is 5.31. The van der Waals surface area contributed by atoms with E-state index in [9.17, 15) is 14.0 Å². The smallest absolute Gasteiger partial charge is 0.264 e. The third kappa shape index (κ3) is 3.75. The number of hydrogen-bond donors (Lipinski definition) is 3. The summed E-state index contributed by atoms with van der Waals surface area (Å²) in [4.78, 5) is 27.5. The van der Waals surface area contributed by atoms with Crippen molar-refractivity contribution in [3.8, 4) is 5.75 Å². The Morgan fingerprint density at radius 1 is 1.31 bits per heavy atom. The van der Waals surface area contributed by atoms with Crippen LogP contribution in [-0.2, 0) is 9.59 Å². The van der Waals surface area contributed by atoms with Gasteiger partial charge in [0.25, 0.3) is 11.8 Å². The third-order valence-corrected chi connectivity index (χ3v) is 3.98. The van der Waals surface area contributed by atoms with Gasteiger partial charge in [-0.15, -0.1) is 12.6 Å². The van der Waals surface area contributed by atoms with Crippen LogP contribution in [0.4, 0.5) is 15.8 Å². The molecule has 2 aromatic rings. The van der Waals surface area contributed by atoms with Crippen LogP contribution in [0, 0.1) is 5.82 Å². The molecule has 2 aromatic carbocycles. The van der Waals surface area contributed by atoms with Gasteiger partial charge in [-0.1, -0.05) is 12.1 Å². The molecule has 8 heteroatoms. The van der Waals surface area contributed by atoms with Crippen molar-refractivity contribution in [1.82, 2.24) is 0 Å². The number of amides is 2. The molecular formula is C18H14FN3O3S. The van der Waals surface area contributed by atoms with E-state index in [2.05, 4.69) is 35.0 Å². The van der Waals surface area contributed by atoms with Crippen molar-refractivity contribution in [2.24, 2.45) is 4.99 Å². The molecule has 0 unspecified atom stereocenters. The highest BCUT2D eigenvalue weighted by molar-refractivity contribution is 7.86. The second-order valence-electron chi connectivity index (χ2n) is 5.37. The molecule has 1 aliphatic heterocycles. The van der Waals surface area contributed by atoms with Crippen LogP contribution in [0.3, 0.4) is 0 Å². The Labute approximate surface area is 154 Å². The maximum Gasteiger partial charge on any atom is 0.264 e. The molecule has 1 heterocycles. The van der Waals surface area contributed by atoms with Crippen molar-refractivity contribution in [2.75, 3.05) is 17.2 Å². The van der Waals surface area contributed by atoms with Gasteiger partial charge in [0.15, 0.2) is 6.61 Å². The van der Waals surface area contributed by atoms with Crippen molar-refractivity contribution in [3.05, 3.63) is 58.8 Å². The Balaban J connectivity index is 1.84. The number of thiol groups is 1. The van der Waals surface area contributed by atoms with Crippen LogP contribution < -0.4 is 15.4 Å². The Hall–Kier alpha value is -3.13. The second-order valence-corrected chi connectivity index (χ2v) is 5.81. The number of carbonyl (C=O) groups excluding carboxylic acids is 2. The summed E-state index contributed by atoms with van der Waals surface area (Å²) in [5.74, 6) is -0.801. The Bertz CT molecular complexity index is 943. The SMILES string of the molecule is C=N/C(=C(\S)C(=O)Nc1ccc2c(c1)OCC(=O)N2)c1cccc(F)c1. The fraction of sp³-hybridized carbons (Fsp3) is 0.0556. The van der Waals surface area contributed by atoms with E-state index >= 15 is 0 Å². The van der Waals surface area contributed by atoms with E-state index in [0.717, 1.165) is 0 Å². The summed E-state index contributed by atoms with van der Waals surface area (Å²) in [6.07, 6.45) is 0. The second kappa shape index (κ2) is 7.40. The molecule has 0 spiro atoms. The number of nitrogens with one attached hydrogen (secondary N) is 2. The summed E-state index contributed by atoms with van der Waals surface area (Å²) in [6, 6.07) is 10.4. The lowest BCUT2D eigenvalue weighted by molar-refractivity contribution is -0.118. The zero-order valence-corrected chi connectivity index (χ0v) is 14.3. The van der Waals surface area contributed by atoms with E-state index in [1.165, 1.54) is 18.2 Å². The molecule has 0 radical (unpaired) electrons. The van der Waals surface area contributed by atoms with Crippen molar-refractivity contribution in [2.45, 2.75) is 0 Å². The standard InChI is InChI=1S/C18H14FN3O3S/c1-20-16(10-3-2-4-11(19)7-10)17(26)18(24)21-12-5-6-13-14(8-12)25-9-15(23)22-13/h2-8,26H,1,9H2,(H,21,24)(H,22,23)/b17-16-. The summed E-state index contributed by atoms with van der Waals surface area (Å²) < 4.78 is 18.7. The molecule has 2 N–H and O–H groups in total. The number of benzene rings is 2. The largest absolute Gasteiger partial charge is 0.482 e. The van der Waals surface area contributed by atoms with Gasteiger partial charge in [0, 0.05) is 17.3 Å². The number of anilines is 2. The highest BCUT2D eigenvalue weighted by Gasteiger charge is 2.18. The first-order valence-corrected chi connectivity index (χ1v) is 7.96. The number of hydrogen-bond acceptors (Lipinski definition) is 5. The van der Waals surface area contributed by atoms with Gasteiger partial charge in [-0.2, -0.15) is 0 Å². The lowest BCUT2D eigenvalue weighted by Gasteiger charge is -2.18. The van der Waals surface area contributed by atoms with E-state index < -0.39 is 11.7 Å². The number of rotatable bonds is 4. The molecular weight excluding hydrogens is 357 g/mol. The van der Waals surface area contributed by atoms with Crippen LogP contribution in [0.1, 0.15) is 5.56 Å². The fourth-order valence-electron chi connectivity index (χ4n) is 2.39. The highest BCUT2D eigenvalue weighted by Crippen LogP contribution is 2.31. The lowest BCUT2D eigenvalue weighted by atomic mass is 10.1. The molecule has 0 aromatic heterocycles. The van der Waals surface area contributed by atoms with Gasteiger partial charge in [-0.05, 0) is 31.0 Å². The predicted octanol–water partition coefficient (Wildman–Crippen LogP) is 3.09. The fourth-order valence-corrected chi connectivity index (χ4v) is 2.64. The Morgan fingerprint density at radius 3 is 2.85 bits per heavy atom. The van der Waals surface area contributed by atoms with Gasteiger partial charge >= 0.3 is 0 Å². The molecule has 3 rings (SSSR count). The average molecular weight is 371 g/mol. The number of nitrogens with zero attached hydrogens (tertiary/aromatic N) is 1. The van der Waals surface area contributed by atoms with E-state index in [1.807, 2.05) is 0 Å². The molecule has 0 fully saturated rings. The van der Waals surface area contributed by atoms with Crippen molar-refractivity contribution >= 4 is 48.2 Å². The third-order valence-electron chi connectivity index (χ3n) is 3.57. The Kier molecular flexibility index (Phi) is 5.04. The van der Waals surface area contributed by atoms with Crippen LogP contribution >= 0.6 is 12.6 Å². The monoisotopic (exact) mass is 371 g/mol. The lowest BCUT2D eigenvalue weighted by Crippen LogP contribution is -2.25. The van der Waals surface area contributed by atoms with Crippen molar-refractivity contribution in [3.63, 3.8) is 0 Å². The van der Waals surface area contributed by atoms with Gasteiger partial charge in [0.2, 0.25) is 0 Å². The predicted molar refractivity (Wildman–Crippen MR) is 101 cm³/mol. The topological polar surface area (TPSA) is 79.8 Å². The van der Waals surface area contributed by atoms with E-state index in [-0.39, 0.29) is 23.1 Å². The first-order valence-electron chi connectivity index (χ1n) is 7.52. The number of fused-ring (bicyclic) bond motifs is 1. The van der Waals surface area contributed by atoms with Crippen molar-refractivity contribution < 1.29 is 18.7 Å². The first kappa shape index (κ1) is 17.7. The maximum atomic E-state index is 13.4. The van der Waals surface area contributed by atoms with E-state index in [4.69, 9.17) is 4.74 Å². The normalized spacial score (nSPS) is 13.7. The van der Waals surface area contributed by atoms with Crippen LogP contribution in [0.2, 0.25) is 0 Å². The van der Waals surface area contributed by atoms with Crippen molar-refractivity contribution in [1.29, 1.82) is 0 Å². The maximum absolute atomic E-state index is 13.4. The Morgan fingerprint density at radius 2 is 2.12 bits per heavy atom. The summed E-state index contributed by atoms with van der Waals surface area (Å²) in [7, 11) is 0. The zero-order valence-electron chi connectivity index (χ0n) is 13.5. The molecule has 0 saturated carbocycles. The molecule has 0 saturated heterocycles. The molecule has 1 aliphatic rings. The van der Waals surface area contributed by atoms with Gasteiger partial charge in [0.1, 0.15) is 11.6 Å². The van der Waals surface area contributed by atoms with Crippen LogP contribution in [0.15, 0.2) is 52.4 Å². The van der Waals surface area contributed by atoms with Gasteiger partial charge in [-0.3, -0.25) is 14.6 Å². The molecule has 132 valence electrons. The summed E-state index contributed by atoms with van der Waals surface area (Å²) in [5.41, 5.74) is 1.51. The minimum Gasteiger partial charge on any atom is -0.482 e. The molecule has 6 nitrogen and oxygen atoms in total. The number of ether oxygens (including phenoxy) is 1. The first-order chi connectivity index (χ1) is 12.5. The van der Waals surface area contributed by atoms with E-state index in [0.29, 0.717) is 22.7 Å². The highest BCUT2D eigenvalue weighted by atomic mass is 32.1. The van der Waals surface area contributed by atoms with Crippen LogP contribution in [-0.4, -0.2) is 25.1 Å².